The van der Waals surface area contributed by atoms with Crippen molar-refractivity contribution in [3.8, 4) is 0 Å². The van der Waals surface area contributed by atoms with Crippen LogP contribution in [0, 0.1) is 6.92 Å². The predicted octanol–water partition coefficient (Wildman–Crippen LogP) is 2.05. The third-order valence-electron chi connectivity index (χ3n) is 2.68. The third-order valence-corrected chi connectivity index (χ3v) is 3.69. The Morgan fingerprint density at radius 1 is 1.56 bits per heavy atom. The number of aryl methyl sites for hydroxylation is 1. The molecule has 7 heteroatoms. The van der Waals surface area contributed by atoms with Gasteiger partial charge in [-0.2, -0.15) is 5.10 Å². The van der Waals surface area contributed by atoms with Gasteiger partial charge in [0.05, 0.1) is 0 Å². The van der Waals surface area contributed by atoms with E-state index in [-0.39, 0.29) is 12.1 Å². The van der Waals surface area contributed by atoms with Gasteiger partial charge in [-0.1, -0.05) is 0 Å². The minimum absolute atomic E-state index is 0.0985. The van der Waals surface area contributed by atoms with E-state index in [0.29, 0.717) is 6.42 Å². The summed E-state index contributed by atoms with van der Waals surface area (Å²) in [7, 11) is 0. The molecule has 3 heterocycles. The van der Waals surface area contributed by atoms with Gasteiger partial charge in [0.1, 0.15) is 17.4 Å². The molecule has 6 nitrogen and oxygen atoms in total. The van der Waals surface area contributed by atoms with E-state index in [1.807, 2.05) is 13.1 Å². The fourth-order valence-electron chi connectivity index (χ4n) is 1.82. The lowest BCUT2D eigenvalue weighted by molar-refractivity contribution is 0.187. The minimum Gasteiger partial charge on any atom is -0.257 e. The Hall–Kier alpha value is -2.02. The number of nitrogens with zero attached hydrogens (tertiary/aromatic N) is 5. The molecule has 0 bridgehead atoms. The zero-order valence-corrected chi connectivity index (χ0v) is 10.5. The topological polar surface area (TPSA) is 63.4 Å². The maximum Gasteiger partial charge on any atom is 0.350 e. The average Bonchev–Trinajstić information content (AvgIpc) is 3.09. The molecule has 0 aromatic carbocycles. The summed E-state index contributed by atoms with van der Waals surface area (Å²) in [5, 5.41) is 6.51. The Bertz CT molecular complexity index is 588. The largest absolute Gasteiger partial charge is 0.350 e. The van der Waals surface area contributed by atoms with Gasteiger partial charge in [-0.25, -0.2) is 19.8 Å². The summed E-state index contributed by atoms with van der Waals surface area (Å²) in [5.41, 5.74) is 0. The summed E-state index contributed by atoms with van der Waals surface area (Å²) in [6.07, 6.45) is 8.92. The highest BCUT2D eigenvalue weighted by atomic mass is 32.1. The molecule has 0 aliphatic carbocycles. The molecule has 1 amide bonds. The van der Waals surface area contributed by atoms with Gasteiger partial charge in [0, 0.05) is 36.1 Å². The monoisotopic (exact) mass is 261 g/mol. The predicted molar refractivity (Wildman–Crippen MR) is 67.6 cm³/mol. The SMILES string of the molecule is Cc1cnc([C@@H]2CC=NN2C(=O)n2ccnc2)s1. The highest BCUT2D eigenvalue weighted by molar-refractivity contribution is 7.11. The van der Waals surface area contributed by atoms with Crippen LogP contribution in [0.3, 0.4) is 0 Å². The average molecular weight is 261 g/mol. The molecule has 18 heavy (non-hydrogen) atoms. The molecule has 0 spiro atoms. The van der Waals surface area contributed by atoms with Gasteiger partial charge < -0.3 is 0 Å². The summed E-state index contributed by atoms with van der Waals surface area (Å²) in [6, 6.07) is -0.308. The normalized spacial score (nSPS) is 18.5. The van der Waals surface area contributed by atoms with Crippen LogP contribution in [-0.2, 0) is 0 Å². The molecular formula is C11H11N5OS. The first kappa shape index (κ1) is 11.1. The first-order valence-corrected chi connectivity index (χ1v) is 6.33. The summed E-state index contributed by atoms with van der Waals surface area (Å²) < 4.78 is 1.41. The second-order valence-electron chi connectivity index (χ2n) is 3.96. The van der Waals surface area contributed by atoms with Crippen molar-refractivity contribution in [2.24, 2.45) is 5.10 Å². The fraction of sp³-hybridized carbons (Fsp3) is 0.273. The number of aromatic nitrogens is 3. The summed E-state index contributed by atoms with van der Waals surface area (Å²) in [4.78, 5) is 21.5. The Morgan fingerprint density at radius 2 is 2.44 bits per heavy atom. The van der Waals surface area contributed by atoms with Gasteiger partial charge in [0.2, 0.25) is 0 Å². The van der Waals surface area contributed by atoms with Gasteiger partial charge in [0.15, 0.2) is 0 Å². The van der Waals surface area contributed by atoms with Gasteiger partial charge in [-0.3, -0.25) is 4.57 Å². The smallest absolute Gasteiger partial charge is 0.257 e. The van der Waals surface area contributed by atoms with Crippen molar-refractivity contribution < 1.29 is 4.79 Å². The molecule has 0 radical (unpaired) electrons. The van der Waals surface area contributed by atoms with E-state index in [9.17, 15) is 4.79 Å². The lowest BCUT2D eigenvalue weighted by atomic mass is 10.2. The molecule has 0 fully saturated rings. The molecule has 0 unspecified atom stereocenters. The number of imidazole rings is 1. The van der Waals surface area contributed by atoms with E-state index in [0.717, 1.165) is 9.88 Å². The molecular weight excluding hydrogens is 250 g/mol. The van der Waals surface area contributed by atoms with Crippen LogP contribution in [0.5, 0.6) is 0 Å². The van der Waals surface area contributed by atoms with Crippen LogP contribution in [0.15, 0.2) is 30.0 Å². The van der Waals surface area contributed by atoms with Crippen molar-refractivity contribution in [2.45, 2.75) is 19.4 Å². The Labute approximate surface area is 108 Å². The molecule has 0 saturated heterocycles. The Morgan fingerprint density at radius 3 is 3.11 bits per heavy atom. The highest BCUT2D eigenvalue weighted by Crippen LogP contribution is 2.31. The quantitative estimate of drug-likeness (QED) is 0.789. The molecule has 1 aliphatic heterocycles. The number of carbonyl (C=O) groups excluding carboxylic acids is 1. The van der Waals surface area contributed by atoms with Crippen molar-refractivity contribution in [1.29, 1.82) is 0 Å². The standard InChI is InChI=1S/C11H11N5OS/c1-8-6-13-10(18-8)9-2-3-14-16(9)11(17)15-5-4-12-7-15/h3-7,9H,2H2,1H3/t9-/m0/s1. The van der Waals surface area contributed by atoms with Crippen LogP contribution in [0.4, 0.5) is 4.79 Å². The maximum atomic E-state index is 12.2. The van der Waals surface area contributed by atoms with E-state index in [4.69, 9.17) is 0 Å². The molecule has 92 valence electrons. The summed E-state index contributed by atoms with van der Waals surface area (Å²) in [5.74, 6) is 0. The third kappa shape index (κ3) is 1.82. The Kier molecular flexibility index (Phi) is 2.67. The lowest BCUT2D eigenvalue weighted by Gasteiger charge is -2.19. The van der Waals surface area contributed by atoms with E-state index in [2.05, 4.69) is 15.1 Å². The minimum atomic E-state index is -0.209. The maximum absolute atomic E-state index is 12.2. The van der Waals surface area contributed by atoms with Crippen LogP contribution in [0.1, 0.15) is 22.3 Å². The van der Waals surface area contributed by atoms with Crippen molar-refractivity contribution in [3.05, 3.63) is 34.8 Å². The van der Waals surface area contributed by atoms with E-state index >= 15 is 0 Å². The number of hydrazone groups is 1. The van der Waals surface area contributed by atoms with Crippen LogP contribution in [0.2, 0.25) is 0 Å². The second-order valence-corrected chi connectivity index (χ2v) is 5.22. The summed E-state index contributed by atoms with van der Waals surface area (Å²) >= 11 is 1.59. The zero-order valence-electron chi connectivity index (χ0n) is 9.72. The zero-order chi connectivity index (χ0) is 12.5. The molecule has 1 aliphatic rings. The first-order chi connectivity index (χ1) is 8.75. The van der Waals surface area contributed by atoms with Crippen LogP contribution >= 0.6 is 11.3 Å². The molecule has 0 saturated carbocycles. The van der Waals surface area contributed by atoms with Crippen molar-refractivity contribution in [1.82, 2.24) is 19.5 Å². The number of carbonyl (C=O) groups is 1. The number of hydrogen-bond acceptors (Lipinski definition) is 5. The highest BCUT2D eigenvalue weighted by Gasteiger charge is 2.31. The van der Waals surface area contributed by atoms with Gasteiger partial charge in [-0.05, 0) is 6.92 Å². The van der Waals surface area contributed by atoms with Gasteiger partial charge in [0.25, 0.3) is 0 Å². The number of amides is 1. The number of thiazole rings is 1. The lowest BCUT2D eigenvalue weighted by Crippen LogP contribution is -2.30. The molecule has 2 aromatic heterocycles. The first-order valence-electron chi connectivity index (χ1n) is 5.52. The van der Waals surface area contributed by atoms with Gasteiger partial charge in [-0.15, -0.1) is 11.3 Å². The van der Waals surface area contributed by atoms with Gasteiger partial charge >= 0.3 is 6.03 Å². The van der Waals surface area contributed by atoms with Crippen LogP contribution in [-0.4, -0.2) is 31.8 Å². The van der Waals surface area contributed by atoms with E-state index < -0.39 is 0 Å². The molecule has 3 rings (SSSR count). The van der Waals surface area contributed by atoms with E-state index in [1.165, 1.54) is 15.9 Å². The van der Waals surface area contributed by atoms with Crippen LogP contribution < -0.4 is 0 Å². The fourth-order valence-corrected chi connectivity index (χ4v) is 2.69. The van der Waals surface area contributed by atoms with E-state index in [1.54, 1.807) is 29.9 Å². The number of hydrogen-bond donors (Lipinski definition) is 0. The van der Waals surface area contributed by atoms with Crippen molar-refractivity contribution in [2.75, 3.05) is 0 Å². The van der Waals surface area contributed by atoms with Crippen molar-refractivity contribution in [3.63, 3.8) is 0 Å². The summed E-state index contributed by atoms with van der Waals surface area (Å²) in [6.45, 7) is 2.00. The molecule has 0 N–H and O–H groups in total. The molecule has 1 atom stereocenters. The Balaban J connectivity index is 1.87. The number of rotatable bonds is 1. The van der Waals surface area contributed by atoms with Crippen molar-refractivity contribution >= 4 is 23.6 Å². The van der Waals surface area contributed by atoms with Crippen LogP contribution in [0.25, 0.3) is 0 Å². The second kappa shape index (κ2) is 4.34. The molecule has 2 aromatic rings.